The molecule has 0 amide bonds. The molecule has 1 aliphatic rings. The fourth-order valence-electron chi connectivity index (χ4n) is 3.24. The molecular weight excluding hydrogens is 321 g/mol. The largest absolute Gasteiger partial charge is 0.370 e. The first-order chi connectivity index (χ1) is 12.2. The van der Waals surface area contributed by atoms with Gasteiger partial charge in [-0.1, -0.05) is 24.3 Å². The summed E-state index contributed by atoms with van der Waals surface area (Å²) < 4.78 is 21.2. The Bertz CT molecular complexity index is 964. The summed E-state index contributed by atoms with van der Waals surface area (Å²) in [6.07, 6.45) is 0. The highest BCUT2D eigenvalue weighted by molar-refractivity contribution is 5.77. The lowest BCUT2D eigenvalue weighted by Gasteiger charge is -2.24. The molecule has 0 unspecified atom stereocenters. The maximum atomic E-state index is 14.4. The van der Waals surface area contributed by atoms with E-state index in [9.17, 15) is 9.18 Å². The van der Waals surface area contributed by atoms with E-state index in [0.29, 0.717) is 36.5 Å². The number of benzene rings is 2. The van der Waals surface area contributed by atoms with Crippen molar-refractivity contribution < 1.29 is 14.0 Å². The summed E-state index contributed by atoms with van der Waals surface area (Å²) in [7, 11) is 0. The van der Waals surface area contributed by atoms with Crippen LogP contribution >= 0.6 is 0 Å². The van der Waals surface area contributed by atoms with Crippen molar-refractivity contribution in [3.8, 4) is 5.69 Å². The number of nitrogens with one attached hydrogen (secondary N) is 1. The fraction of sp³-hybridized carbons (Fsp3) is 0.263. The average molecular weight is 340 g/mol. The van der Waals surface area contributed by atoms with Crippen molar-refractivity contribution in [3.05, 3.63) is 70.5 Å². The van der Waals surface area contributed by atoms with Gasteiger partial charge in [0.2, 0.25) is 0 Å². The molecule has 2 aromatic carbocycles. The highest BCUT2D eigenvalue weighted by Crippen LogP contribution is 2.15. The molecule has 128 valence electrons. The molecule has 3 aromatic rings. The van der Waals surface area contributed by atoms with E-state index >= 15 is 0 Å². The van der Waals surface area contributed by atoms with Gasteiger partial charge in [-0.15, -0.1) is 0 Å². The lowest BCUT2D eigenvalue weighted by molar-refractivity contribution is -0.922. The van der Waals surface area contributed by atoms with E-state index in [1.54, 1.807) is 30.3 Å². The smallest absolute Gasteiger partial charge is 0.266 e. The van der Waals surface area contributed by atoms with Gasteiger partial charge in [-0.25, -0.2) is 9.37 Å². The topological polar surface area (TPSA) is 48.6 Å². The lowest BCUT2D eigenvalue weighted by Crippen LogP contribution is -3.13. The predicted molar refractivity (Wildman–Crippen MR) is 92.5 cm³/mol. The highest BCUT2D eigenvalue weighted by Gasteiger charge is 2.21. The normalized spacial score (nSPS) is 15.6. The summed E-state index contributed by atoms with van der Waals surface area (Å²) in [4.78, 5) is 19.0. The van der Waals surface area contributed by atoms with E-state index in [1.807, 2.05) is 12.1 Å². The number of para-hydroxylation sites is 2. The second-order valence-electron chi connectivity index (χ2n) is 6.18. The molecule has 1 N–H and O–H groups in total. The van der Waals surface area contributed by atoms with Gasteiger partial charge in [0, 0.05) is 0 Å². The number of hydrogen-bond donors (Lipinski definition) is 1. The number of ether oxygens (including phenoxy) is 1. The first kappa shape index (κ1) is 15.9. The maximum absolute atomic E-state index is 14.4. The number of fused-ring (bicyclic) bond motifs is 1. The minimum Gasteiger partial charge on any atom is -0.370 e. The number of aromatic nitrogens is 2. The van der Waals surface area contributed by atoms with Gasteiger partial charge in [0.1, 0.15) is 25.5 Å². The van der Waals surface area contributed by atoms with Gasteiger partial charge in [-0.2, -0.15) is 0 Å². The number of nitrogens with zero attached hydrogens (tertiary/aromatic N) is 2. The van der Waals surface area contributed by atoms with Crippen LogP contribution in [0.3, 0.4) is 0 Å². The van der Waals surface area contributed by atoms with Crippen LogP contribution in [0.4, 0.5) is 4.39 Å². The van der Waals surface area contributed by atoms with Crippen LogP contribution in [-0.2, 0) is 11.3 Å². The van der Waals surface area contributed by atoms with Crippen molar-refractivity contribution in [1.82, 2.24) is 9.55 Å². The molecule has 2 heterocycles. The molecule has 1 aliphatic heterocycles. The lowest BCUT2D eigenvalue weighted by atomic mass is 10.2. The van der Waals surface area contributed by atoms with E-state index in [4.69, 9.17) is 4.74 Å². The van der Waals surface area contributed by atoms with Crippen molar-refractivity contribution in [2.75, 3.05) is 26.3 Å². The summed E-state index contributed by atoms with van der Waals surface area (Å²) in [6.45, 7) is 3.62. The zero-order valence-corrected chi connectivity index (χ0v) is 13.7. The predicted octanol–water partition coefficient (Wildman–Crippen LogP) is 0.940. The average Bonchev–Trinajstić information content (AvgIpc) is 2.64. The second-order valence-corrected chi connectivity index (χ2v) is 6.18. The van der Waals surface area contributed by atoms with Crippen molar-refractivity contribution in [2.24, 2.45) is 0 Å². The number of rotatable bonds is 3. The van der Waals surface area contributed by atoms with Gasteiger partial charge in [0.15, 0.2) is 5.82 Å². The molecule has 25 heavy (non-hydrogen) atoms. The van der Waals surface area contributed by atoms with Crippen molar-refractivity contribution in [2.45, 2.75) is 6.54 Å². The van der Waals surface area contributed by atoms with E-state index in [-0.39, 0.29) is 11.2 Å². The molecule has 0 saturated carbocycles. The standard InChI is InChI=1S/C19H18FN3O2/c20-15-6-2-4-8-17(15)23-18(13-22-9-11-25-12-10-22)21-16-7-3-1-5-14(16)19(23)24/h1-8H,9-13H2/p+1. The van der Waals surface area contributed by atoms with Crippen LogP contribution in [0.5, 0.6) is 0 Å². The van der Waals surface area contributed by atoms with Crippen LogP contribution in [0.25, 0.3) is 16.6 Å². The maximum Gasteiger partial charge on any atom is 0.266 e. The summed E-state index contributed by atoms with van der Waals surface area (Å²) in [6, 6.07) is 13.5. The van der Waals surface area contributed by atoms with Gasteiger partial charge in [-0.3, -0.25) is 9.36 Å². The zero-order valence-electron chi connectivity index (χ0n) is 13.7. The SMILES string of the molecule is O=c1c2ccccc2nc(C[NH+]2CCOCC2)n1-c1ccccc1F. The van der Waals surface area contributed by atoms with Crippen LogP contribution in [0.15, 0.2) is 53.3 Å². The van der Waals surface area contributed by atoms with Gasteiger partial charge in [0.05, 0.1) is 29.8 Å². The van der Waals surface area contributed by atoms with E-state index in [0.717, 1.165) is 13.1 Å². The summed E-state index contributed by atoms with van der Waals surface area (Å²) in [5.74, 6) is 0.144. The molecule has 6 heteroatoms. The van der Waals surface area contributed by atoms with Crippen LogP contribution in [-0.4, -0.2) is 35.9 Å². The molecule has 4 rings (SSSR count). The molecule has 1 saturated heterocycles. The Balaban J connectivity index is 1.91. The van der Waals surface area contributed by atoms with Gasteiger partial charge in [0.25, 0.3) is 5.56 Å². The zero-order chi connectivity index (χ0) is 17.2. The summed E-state index contributed by atoms with van der Waals surface area (Å²) in [5.41, 5.74) is 0.648. The van der Waals surface area contributed by atoms with Crippen LogP contribution in [0.2, 0.25) is 0 Å². The third-order valence-electron chi connectivity index (χ3n) is 4.55. The molecule has 0 aliphatic carbocycles. The molecule has 0 spiro atoms. The number of quaternary nitrogens is 1. The van der Waals surface area contributed by atoms with Gasteiger partial charge >= 0.3 is 0 Å². The van der Waals surface area contributed by atoms with Gasteiger partial charge < -0.3 is 9.64 Å². The molecule has 1 fully saturated rings. The number of morpholine rings is 1. The molecule has 0 bridgehead atoms. The summed E-state index contributed by atoms with van der Waals surface area (Å²) in [5, 5.41) is 0.492. The Hall–Kier alpha value is -2.57. The minimum atomic E-state index is -0.431. The van der Waals surface area contributed by atoms with E-state index in [1.165, 1.54) is 15.5 Å². The number of hydrogen-bond acceptors (Lipinski definition) is 3. The molecule has 0 atom stereocenters. The highest BCUT2D eigenvalue weighted by atomic mass is 19.1. The molecule has 5 nitrogen and oxygen atoms in total. The quantitative estimate of drug-likeness (QED) is 0.772. The summed E-state index contributed by atoms with van der Waals surface area (Å²) >= 11 is 0. The monoisotopic (exact) mass is 340 g/mol. The van der Waals surface area contributed by atoms with Crippen LogP contribution < -0.4 is 10.5 Å². The Kier molecular flexibility index (Phi) is 4.29. The van der Waals surface area contributed by atoms with E-state index in [2.05, 4.69) is 4.98 Å². The van der Waals surface area contributed by atoms with Crippen molar-refractivity contribution in [1.29, 1.82) is 0 Å². The molecular formula is C19H19FN3O2+. The fourth-order valence-corrected chi connectivity index (χ4v) is 3.24. The third kappa shape index (κ3) is 3.06. The Morgan fingerprint density at radius 1 is 1.08 bits per heavy atom. The Morgan fingerprint density at radius 2 is 1.80 bits per heavy atom. The van der Waals surface area contributed by atoms with Crippen molar-refractivity contribution >= 4 is 10.9 Å². The van der Waals surface area contributed by atoms with Crippen LogP contribution in [0.1, 0.15) is 5.82 Å². The Labute approximate surface area is 144 Å². The number of halogens is 1. The van der Waals surface area contributed by atoms with Gasteiger partial charge in [-0.05, 0) is 24.3 Å². The van der Waals surface area contributed by atoms with E-state index < -0.39 is 5.82 Å². The van der Waals surface area contributed by atoms with Crippen molar-refractivity contribution in [3.63, 3.8) is 0 Å². The molecule has 1 aromatic heterocycles. The third-order valence-corrected chi connectivity index (χ3v) is 4.55. The first-order valence-electron chi connectivity index (χ1n) is 8.41. The minimum absolute atomic E-state index is 0.238. The molecule has 0 radical (unpaired) electrons. The Morgan fingerprint density at radius 3 is 2.60 bits per heavy atom. The second kappa shape index (κ2) is 6.74. The van der Waals surface area contributed by atoms with Crippen LogP contribution in [0, 0.1) is 5.82 Å². The first-order valence-corrected chi connectivity index (χ1v) is 8.41.